The van der Waals surface area contributed by atoms with Gasteiger partial charge in [-0.2, -0.15) is 12.7 Å². The maximum absolute atomic E-state index is 13.7. The van der Waals surface area contributed by atoms with E-state index in [1.54, 1.807) is 30.3 Å². The fourth-order valence-electron chi connectivity index (χ4n) is 3.56. The lowest BCUT2D eigenvalue weighted by Crippen LogP contribution is -2.54. The van der Waals surface area contributed by atoms with Crippen molar-refractivity contribution in [3.8, 4) is 0 Å². The predicted molar refractivity (Wildman–Crippen MR) is 140 cm³/mol. The summed E-state index contributed by atoms with van der Waals surface area (Å²) in [7, 11) is -1.11. The van der Waals surface area contributed by atoms with E-state index in [1.807, 2.05) is 52.0 Å². The van der Waals surface area contributed by atoms with E-state index in [-0.39, 0.29) is 18.5 Å². The number of aryl methyl sites for hydroxylation is 1. The Labute approximate surface area is 210 Å². The van der Waals surface area contributed by atoms with Crippen molar-refractivity contribution >= 4 is 27.7 Å². The molecule has 1 N–H and O–H groups in total. The number of carbonyl (C=O) groups is 2. The van der Waals surface area contributed by atoms with Crippen LogP contribution in [0.15, 0.2) is 54.6 Å². The SMILES string of the molecule is CCC(C)NC(=O)C(CC)N(Cc1ccc(C)cc1)C(=O)CN(c1ccccc1)S(=O)(=O)N(C)C. The highest BCUT2D eigenvalue weighted by molar-refractivity contribution is 7.90. The molecular weight excluding hydrogens is 464 g/mol. The van der Waals surface area contributed by atoms with Crippen LogP contribution in [0.1, 0.15) is 44.7 Å². The Morgan fingerprint density at radius 1 is 0.943 bits per heavy atom. The van der Waals surface area contributed by atoms with Crippen molar-refractivity contribution in [1.29, 1.82) is 0 Å². The molecule has 0 heterocycles. The van der Waals surface area contributed by atoms with E-state index in [2.05, 4.69) is 5.32 Å². The summed E-state index contributed by atoms with van der Waals surface area (Å²) in [4.78, 5) is 28.4. The van der Waals surface area contributed by atoms with Gasteiger partial charge in [-0.3, -0.25) is 9.59 Å². The van der Waals surface area contributed by atoms with Gasteiger partial charge in [0.25, 0.3) is 0 Å². The summed E-state index contributed by atoms with van der Waals surface area (Å²) in [5.41, 5.74) is 2.32. The quantitative estimate of drug-likeness (QED) is 0.482. The molecule has 2 rings (SSSR count). The van der Waals surface area contributed by atoms with Gasteiger partial charge in [-0.15, -0.1) is 0 Å². The number of anilines is 1. The molecule has 0 aliphatic carbocycles. The van der Waals surface area contributed by atoms with E-state index < -0.39 is 28.7 Å². The highest BCUT2D eigenvalue weighted by Crippen LogP contribution is 2.21. The fourth-order valence-corrected chi connectivity index (χ4v) is 4.62. The van der Waals surface area contributed by atoms with Crippen LogP contribution < -0.4 is 9.62 Å². The van der Waals surface area contributed by atoms with Gasteiger partial charge in [0.1, 0.15) is 12.6 Å². The number of nitrogens with zero attached hydrogens (tertiary/aromatic N) is 3. The summed E-state index contributed by atoms with van der Waals surface area (Å²) in [6.45, 7) is 7.48. The number of amides is 2. The number of hydrogen-bond acceptors (Lipinski definition) is 4. The van der Waals surface area contributed by atoms with Crippen molar-refractivity contribution in [2.45, 2.75) is 59.2 Å². The molecule has 0 fully saturated rings. The maximum Gasteiger partial charge on any atom is 0.304 e. The molecule has 2 aromatic carbocycles. The second-order valence-electron chi connectivity index (χ2n) is 8.88. The molecule has 2 aromatic rings. The van der Waals surface area contributed by atoms with Crippen molar-refractivity contribution in [3.05, 3.63) is 65.7 Å². The Bertz CT molecular complexity index is 1070. The van der Waals surface area contributed by atoms with Crippen molar-refractivity contribution in [1.82, 2.24) is 14.5 Å². The van der Waals surface area contributed by atoms with Crippen LogP contribution in [0.4, 0.5) is 5.69 Å². The van der Waals surface area contributed by atoms with Crippen LogP contribution in [0.5, 0.6) is 0 Å². The molecule has 0 aromatic heterocycles. The van der Waals surface area contributed by atoms with Crippen molar-refractivity contribution < 1.29 is 18.0 Å². The van der Waals surface area contributed by atoms with E-state index in [0.717, 1.165) is 26.2 Å². The van der Waals surface area contributed by atoms with E-state index in [9.17, 15) is 18.0 Å². The second kappa shape index (κ2) is 12.7. The summed E-state index contributed by atoms with van der Waals surface area (Å²) in [6.07, 6.45) is 1.16. The van der Waals surface area contributed by atoms with E-state index >= 15 is 0 Å². The van der Waals surface area contributed by atoms with Crippen molar-refractivity contribution in [2.75, 3.05) is 24.9 Å². The number of nitrogens with one attached hydrogen (secondary N) is 1. The molecule has 0 aliphatic heterocycles. The Balaban J connectivity index is 2.46. The zero-order chi connectivity index (χ0) is 26.2. The molecule has 9 heteroatoms. The first kappa shape index (κ1) is 28.3. The topological polar surface area (TPSA) is 90.0 Å². The van der Waals surface area contributed by atoms with Gasteiger partial charge < -0.3 is 10.2 Å². The second-order valence-corrected chi connectivity index (χ2v) is 10.9. The van der Waals surface area contributed by atoms with Crippen LogP contribution in [-0.2, 0) is 26.3 Å². The Morgan fingerprint density at radius 2 is 1.54 bits per heavy atom. The monoisotopic (exact) mass is 502 g/mol. The zero-order valence-corrected chi connectivity index (χ0v) is 22.4. The van der Waals surface area contributed by atoms with Crippen LogP contribution in [0.25, 0.3) is 0 Å². The van der Waals surface area contributed by atoms with Crippen LogP contribution in [0.3, 0.4) is 0 Å². The number of hydrogen-bond donors (Lipinski definition) is 1. The van der Waals surface area contributed by atoms with Crippen molar-refractivity contribution in [3.63, 3.8) is 0 Å². The first-order valence-corrected chi connectivity index (χ1v) is 13.3. The number of rotatable bonds is 12. The Kier molecular flexibility index (Phi) is 10.3. The number of carbonyl (C=O) groups excluding carboxylic acids is 2. The first-order chi connectivity index (χ1) is 16.5. The molecule has 0 aliphatic rings. The van der Waals surface area contributed by atoms with Crippen LogP contribution >= 0.6 is 0 Å². The summed E-state index contributed by atoms with van der Waals surface area (Å²) in [6, 6.07) is 15.5. The largest absolute Gasteiger partial charge is 0.352 e. The highest BCUT2D eigenvalue weighted by Gasteiger charge is 2.33. The van der Waals surface area contributed by atoms with Gasteiger partial charge >= 0.3 is 10.2 Å². The third kappa shape index (κ3) is 7.53. The molecule has 0 bridgehead atoms. The molecule has 0 spiro atoms. The van der Waals surface area contributed by atoms with Gasteiger partial charge in [0.15, 0.2) is 0 Å². The van der Waals surface area contributed by atoms with Crippen LogP contribution in [-0.4, -0.2) is 62.2 Å². The summed E-state index contributed by atoms with van der Waals surface area (Å²) >= 11 is 0. The highest BCUT2D eigenvalue weighted by atomic mass is 32.2. The predicted octanol–water partition coefficient (Wildman–Crippen LogP) is 3.33. The molecule has 35 heavy (non-hydrogen) atoms. The Hall–Kier alpha value is -2.91. The zero-order valence-electron chi connectivity index (χ0n) is 21.6. The average Bonchev–Trinajstić information content (AvgIpc) is 2.83. The van der Waals surface area contributed by atoms with Gasteiger partial charge in [-0.1, -0.05) is 61.9 Å². The standard InChI is InChI=1S/C26H38N4O4S/c1-7-21(4)27-26(32)24(8-2)29(18-22-16-14-20(3)15-17-22)25(31)19-30(35(33,34)28(5)6)23-12-10-9-11-13-23/h9-17,21,24H,7-8,18-19H2,1-6H3,(H,27,32). The van der Waals surface area contributed by atoms with Gasteiger partial charge in [-0.05, 0) is 44.4 Å². The smallest absolute Gasteiger partial charge is 0.304 e. The van der Waals surface area contributed by atoms with Crippen LogP contribution in [0.2, 0.25) is 0 Å². The van der Waals surface area contributed by atoms with Crippen LogP contribution in [0, 0.1) is 6.92 Å². The molecule has 0 radical (unpaired) electrons. The van der Waals surface area contributed by atoms with Gasteiger partial charge in [0.2, 0.25) is 11.8 Å². The minimum absolute atomic E-state index is 0.0391. The normalized spacial score (nSPS) is 13.2. The lowest BCUT2D eigenvalue weighted by molar-refractivity contribution is -0.140. The molecule has 0 saturated heterocycles. The third-order valence-electron chi connectivity index (χ3n) is 5.92. The van der Waals surface area contributed by atoms with E-state index in [4.69, 9.17) is 0 Å². The average molecular weight is 503 g/mol. The summed E-state index contributed by atoms with van der Waals surface area (Å²) in [5.74, 6) is -0.699. The third-order valence-corrected chi connectivity index (χ3v) is 7.74. The van der Waals surface area contributed by atoms with Gasteiger partial charge in [-0.25, -0.2) is 4.31 Å². The van der Waals surface area contributed by atoms with Crippen molar-refractivity contribution in [2.24, 2.45) is 0 Å². The number of benzene rings is 2. The minimum atomic E-state index is -3.96. The van der Waals surface area contributed by atoms with E-state index in [0.29, 0.717) is 12.1 Å². The maximum atomic E-state index is 13.7. The van der Waals surface area contributed by atoms with E-state index in [1.165, 1.54) is 19.0 Å². The molecule has 0 saturated carbocycles. The summed E-state index contributed by atoms with van der Waals surface area (Å²) < 4.78 is 28.4. The molecule has 192 valence electrons. The molecule has 2 unspecified atom stereocenters. The van der Waals surface area contributed by atoms with Gasteiger partial charge in [0.05, 0.1) is 5.69 Å². The lowest BCUT2D eigenvalue weighted by Gasteiger charge is -2.34. The molecule has 8 nitrogen and oxygen atoms in total. The molecular formula is C26H38N4O4S. The minimum Gasteiger partial charge on any atom is -0.352 e. The molecule has 2 atom stereocenters. The lowest BCUT2D eigenvalue weighted by atomic mass is 10.1. The molecule has 2 amide bonds. The summed E-state index contributed by atoms with van der Waals surface area (Å²) in [5, 5.41) is 2.97. The first-order valence-electron chi connectivity index (χ1n) is 11.9. The fraction of sp³-hybridized carbons (Fsp3) is 0.462. The Morgan fingerprint density at radius 3 is 2.06 bits per heavy atom. The van der Waals surface area contributed by atoms with Gasteiger partial charge in [0, 0.05) is 26.7 Å². The number of para-hydroxylation sites is 1.